The average Bonchev–Trinajstić information content (AvgIpc) is 3.07. The number of hydrogen-bond donors (Lipinski definition) is 2. The molecule has 1 heterocycles. The van der Waals surface area contributed by atoms with E-state index in [1.54, 1.807) is 0 Å². The van der Waals surface area contributed by atoms with Crippen molar-refractivity contribution >= 4 is 28.8 Å². The molecule has 1 aromatic carbocycles. The maximum absolute atomic E-state index is 12.3. The zero-order valence-electron chi connectivity index (χ0n) is 12.8. The Kier molecular flexibility index (Phi) is 2.60. The quantitative estimate of drug-likeness (QED) is 0.839. The normalized spacial score (nSPS) is 25.7. The van der Waals surface area contributed by atoms with Crippen molar-refractivity contribution in [3.8, 4) is 5.75 Å². The van der Waals surface area contributed by atoms with Gasteiger partial charge in [-0.25, -0.2) is 4.79 Å². The number of aryl methyl sites for hydroxylation is 1. The first-order valence-electron chi connectivity index (χ1n) is 7.58. The molecule has 2 aliphatic carbocycles. The zero-order valence-corrected chi connectivity index (χ0v) is 12.8. The van der Waals surface area contributed by atoms with Gasteiger partial charge in [0.25, 0.3) is 0 Å². The third kappa shape index (κ3) is 1.57. The number of carbonyl (C=O) groups excluding carboxylic acids is 1. The molecule has 1 unspecified atom stereocenters. The van der Waals surface area contributed by atoms with Crippen LogP contribution in [0, 0.1) is 12.3 Å². The molecule has 0 saturated heterocycles. The number of ketones is 1. The van der Waals surface area contributed by atoms with Crippen LogP contribution in [0.25, 0.3) is 17.0 Å². The maximum Gasteiger partial charge on any atom is 0.339 e. The number of phenols is 1. The highest BCUT2D eigenvalue weighted by Crippen LogP contribution is 2.56. The van der Waals surface area contributed by atoms with Crippen LogP contribution in [0.5, 0.6) is 5.75 Å². The fourth-order valence-electron chi connectivity index (χ4n) is 4.16. The standard InChI is InChI=1S/C18H16O5/c1-8-9-5-6-18(2)11(3-4-12(18)19)14(9)15(20)16-13(8)10(7-23-16)17(21)22/h5-7,11,20H,3-4H2,1-2H3,(H,21,22)/t11?,18-/m0/s1. The predicted octanol–water partition coefficient (Wildman–Crippen LogP) is 3.62. The number of benzene rings is 1. The lowest BCUT2D eigenvalue weighted by Gasteiger charge is -2.33. The highest BCUT2D eigenvalue weighted by molar-refractivity contribution is 6.07. The molecule has 1 fully saturated rings. The van der Waals surface area contributed by atoms with E-state index >= 15 is 0 Å². The van der Waals surface area contributed by atoms with Gasteiger partial charge in [-0.15, -0.1) is 0 Å². The first-order valence-corrected chi connectivity index (χ1v) is 7.58. The van der Waals surface area contributed by atoms with E-state index in [2.05, 4.69) is 0 Å². The van der Waals surface area contributed by atoms with Gasteiger partial charge in [-0.3, -0.25) is 4.79 Å². The third-order valence-corrected chi connectivity index (χ3v) is 5.49. The first kappa shape index (κ1) is 14.1. The van der Waals surface area contributed by atoms with Crippen molar-refractivity contribution in [3.05, 3.63) is 34.6 Å². The number of carboxylic acid groups (broad SMARTS) is 1. The van der Waals surface area contributed by atoms with Crippen LogP contribution in [0.3, 0.4) is 0 Å². The summed E-state index contributed by atoms with van der Waals surface area (Å²) >= 11 is 0. The second-order valence-electron chi connectivity index (χ2n) is 6.59. The Labute approximate surface area is 132 Å². The topological polar surface area (TPSA) is 87.7 Å². The number of allylic oxidation sites excluding steroid dienone is 1. The minimum Gasteiger partial charge on any atom is -0.504 e. The zero-order chi connectivity index (χ0) is 16.5. The number of rotatable bonds is 1. The second kappa shape index (κ2) is 4.25. The minimum atomic E-state index is -1.09. The number of hydrogen-bond acceptors (Lipinski definition) is 4. The molecule has 1 aromatic heterocycles. The summed E-state index contributed by atoms with van der Waals surface area (Å²) in [5, 5.41) is 20.5. The highest BCUT2D eigenvalue weighted by Gasteiger charge is 2.48. The van der Waals surface area contributed by atoms with E-state index in [0.29, 0.717) is 23.8 Å². The molecule has 0 bridgehead atoms. The SMILES string of the molecule is Cc1c2c(c(O)c3occ(C(=O)O)c13)C1CCC(=O)[C@@]1(C)C=C2. The van der Waals surface area contributed by atoms with Gasteiger partial charge in [-0.1, -0.05) is 12.2 Å². The van der Waals surface area contributed by atoms with E-state index in [1.165, 1.54) is 0 Å². The van der Waals surface area contributed by atoms with Crippen molar-refractivity contribution in [2.24, 2.45) is 5.41 Å². The van der Waals surface area contributed by atoms with Crippen molar-refractivity contribution < 1.29 is 24.2 Å². The molecule has 118 valence electrons. The van der Waals surface area contributed by atoms with Crippen LogP contribution in [0.15, 0.2) is 16.8 Å². The number of phenolic OH excluding ortho intramolecular Hbond substituents is 1. The molecule has 0 amide bonds. The minimum absolute atomic E-state index is 0.0385. The molecule has 5 heteroatoms. The van der Waals surface area contributed by atoms with Crippen LogP contribution in [0.2, 0.25) is 0 Å². The monoisotopic (exact) mass is 312 g/mol. The Bertz CT molecular complexity index is 917. The van der Waals surface area contributed by atoms with Crippen LogP contribution in [-0.2, 0) is 4.79 Å². The smallest absolute Gasteiger partial charge is 0.339 e. The van der Waals surface area contributed by atoms with Gasteiger partial charge in [0, 0.05) is 23.3 Å². The molecule has 0 aliphatic heterocycles. The van der Waals surface area contributed by atoms with Gasteiger partial charge in [0.1, 0.15) is 17.6 Å². The second-order valence-corrected chi connectivity index (χ2v) is 6.59. The van der Waals surface area contributed by atoms with Gasteiger partial charge < -0.3 is 14.6 Å². The van der Waals surface area contributed by atoms with E-state index in [0.717, 1.165) is 17.4 Å². The lowest BCUT2D eigenvalue weighted by Crippen LogP contribution is -2.28. The summed E-state index contributed by atoms with van der Waals surface area (Å²) in [6.45, 7) is 3.72. The summed E-state index contributed by atoms with van der Waals surface area (Å²) < 4.78 is 5.36. The first-order chi connectivity index (χ1) is 10.9. The van der Waals surface area contributed by atoms with Crippen molar-refractivity contribution in [2.45, 2.75) is 32.6 Å². The van der Waals surface area contributed by atoms with Crippen molar-refractivity contribution in [1.29, 1.82) is 0 Å². The van der Waals surface area contributed by atoms with Crippen LogP contribution in [0.4, 0.5) is 0 Å². The van der Waals surface area contributed by atoms with Gasteiger partial charge >= 0.3 is 5.97 Å². The summed E-state index contributed by atoms with van der Waals surface area (Å²) in [6, 6.07) is 0. The third-order valence-electron chi connectivity index (χ3n) is 5.49. The Morgan fingerprint density at radius 1 is 1.43 bits per heavy atom. The van der Waals surface area contributed by atoms with Gasteiger partial charge in [-0.2, -0.15) is 0 Å². The molecule has 1 saturated carbocycles. The molecule has 2 N–H and O–H groups in total. The molecule has 0 radical (unpaired) electrons. The fourth-order valence-corrected chi connectivity index (χ4v) is 4.16. The summed E-state index contributed by atoms with van der Waals surface area (Å²) in [5.74, 6) is -1.06. The van der Waals surface area contributed by atoms with E-state index < -0.39 is 11.4 Å². The average molecular weight is 312 g/mol. The Morgan fingerprint density at radius 3 is 2.87 bits per heavy atom. The Balaban J connectivity index is 2.09. The van der Waals surface area contributed by atoms with Gasteiger partial charge in [0.15, 0.2) is 11.3 Å². The van der Waals surface area contributed by atoms with Crippen molar-refractivity contribution in [2.75, 3.05) is 0 Å². The molecular weight excluding hydrogens is 296 g/mol. The fraction of sp³-hybridized carbons (Fsp3) is 0.333. The number of carbonyl (C=O) groups is 2. The van der Waals surface area contributed by atoms with Gasteiger partial charge in [0.05, 0.1) is 5.41 Å². The summed E-state index contributed by atoms with van der Waals surface area (Å²) in [4.78, 5) is 23.6. The largest absolute Gasteiger partial charge is 0.504 e. The Morgan fingerprint density at radius 2 is 2.17 bits per heavy atom. The summed E-state index contributed by atoms with van der Waals surface area (Å²) in [7, 11) is 0. The number of fused-ring (bicyclic) bond motifs is 4. The Hall–Kier alpha value is -2.56. The summed E-state index contributed by atoms with van der Waals surface area (Å²) in [5.41, 5.74) is 1.90. The number of furan rings is 1. The molecule has 4 rings (SSSR count). The highest BCUT2D eigenvalue weighted by atomic mass is 16.4. The van der Waals surface area contributed by atoms with Crippen LogP contribution in [0.1, 0.15) is 52.7 Å². The maximum atomic E-state index is 12.3. The van der Waals surface area contributed by atoms with Crippen LogP contribution >= 0.6 is 0 Å². The van der Waals surface area contributed by atoms with Gasteiger partial charge in [0.2, 0.25) is 0 Å². The van der Waals surface area contributed by atoms with Gasteiger partial charge in [-0.05, 0) is 31.4 Å². The van der Waals surface area contributed by atoms with E-state index in [1.807, 2.05) is 26.0 Å². The predicted molar refractivity (Wildman–Crippen MR) is 83.7 cm³/mol. The number of Topliss-reactive ketones (excluding diaryl/α,β-unsaturated/α-hetero) is 1. The van der Waals surface area contributed by atoms with E-state index in [4.69, 9.17) is 4.42 Å². The number of carboxylic acids is 1. The number of aromatic hydroxyl groups is 1. The van der Waals surface area contributed by atoms with Crippen LogP contribution < -0.4 is 0 Å². The molecule has 2 atom stereocenters. The molecule has 5 nitrogen and oxygen atoms in total. The molecule has 0 spiro atoms. The van der Waals surface area contributed by atoms with E-state index in [-0.39, 0.29) is 28.6 Å². The lowest BCUT2D eigenvalue weighted by atomic mass is 9.69. The molecule has 2 aromatic rings. The molecular formula is C18H16O5. The molecule has 2 aliphatic rings. The van der Waals surface area contributed by atoms with Crippen molar-refractivity contribution in [3.63, 3.8) is 0 Å². The molecule has 23 heavy (non-hydrogen) atoms. The van der Waals surface area contributed by atoms with E-state index in [9.17, 15) is 19.8 Å². The number of aromatic carboxylic acids is 1. The van der Waals surface area contributed by atoms with Crippen LogP contribution in [-0.4, -0.2) is 22.0 Å². The van der Waals surface area contributed by atoms with Crippen molar-refractivity contribution in [1.82, 2.24) is 0 Å². The lowest BCUT2D eigenvalue weighted by molar-refractivity contribution is -0.123. The summed E-state index contributed by atoms with van der Waals surface area (Å²) in [6.07, 6.45) is 6.06.